The molecule has 476 valence electrons. The second kappa shape index (κ2) is 70.6. The van der Waals surface area contributed by atoms with Crippen molar-refractivity contribution in [2.75, 3.05) is 13.2 Å². The number of carbonyl (C=O) groups excluding carboxylic acids is 3. The van der Waals surface area contributed by atoms with Crippen LogP contribution in [-0.2, 0) is 28.6 Å². The quantitative estimate of drug-likeness (QED) is 0.0261. The number of carbonyl (C=O) groups is 3. The van der Waals surface area contributed by atoms with Crippen molar-refractivity contribution in [3.05, 3.63) is 109 Å². The first-order valence-corrected chi connectivity index (χ1v) is 35.4. The fourth-order valence-electron chi connectivity index (χ4n) is 9.95. The molecule has 1 unspecified atom stereocenters. The van der Waals surface area contributed by atoms with Crippen LogP contribution in [0.3, 0.4) is 0 Å². The maximum Gasteiger partial charge on any atom is 0.306 e. The molecule has 0 aliphatic carbocycles. The summed E-state index contributed by atoms with van der Waals surface area (Å²) in [7, 11) is 0. The second-order valence-electron chi connectivity index (χ2n) is 23.4. The van der Waals surface area contributed by atoms with Crippen LogP contribution in [0.25, 0.3) is 0 Å². The summed E-state index contributed by atoms with van der Waals surface area (Å²) in [6, 6.07) is 0. The van der Waals surface area contributed by atoms with Gasteiger partial charge in [0.1, 0.15) is 13.2 Å². The minimum absolute atomic E-state index is 0.0978. The number of ether oxygens (including phenoxy) is 3. The van der Waals surface area contributed by atoms with Gasteiger partial charge in [-0.15, -0.1) is 0 Å². The van der Waals surface area contributed by atoms with Crippen molar-refractivity contribution in [3.8, 4) is 0 Å². The molecule has 0 aliphatic heterocycles. The van der Waals surface area contributed by atoms with Crippen LogP contribution in [0.1, 0.15) is 342 Å². The topological polar surface area (TPSA) is 78.9 Å². The van der Waals surface area contributed by atoms with Crippen LogP contribution in [0.4, 0.5) is 0 Å². The Balaban J connectivity index is 4.41. The zero-order valence-corrected chi connectivity index (χ0v) is 54.7. The van der Waals surface area contributed by atoms with Crippen LogP contribution in [0.15, 0.2) is 109 Å². The number of allylic oxidation sites excluding steroid dienone is 18. The van der Waals surface area contributed by atoms with Gasteiger partial charge in [-0.2, -0.15) is 0 Å². The van der Waals surface area contributed by atoms with Crippen molar-refractivity contribution >= 4 is 17.9 Å². The minimum Gasteiger partial charge on any atom is -0.462 e. The van der Waals surface area contributed by atoms with Gasteiger partial charge in [0.25, 0.3) is 0 Å². The molecule has 0 saturated carbocycles. The average Bonchev–Trinajstić information content (AvgIpc) is 3.49. The van der Waals surface area contributed by atoms with Crippen LogP contribution in [0.2, 0.25) is 0 Å². The highest BCUT2D eigenvalue weighted by atomic mass is 16.6. The molecule has 0 aromatic rings. The van der Waals surface area contributed by atoms with Crippen molar-refractivity contribution in [2.45, 2.75) is 348 Å². The summed E-state index contributed by atoms with van der Waals surface area (Å²) in [5.74, 6) is -0.950. The fourth-order valence-corrected chi connectivity index (χ4v) is 9.95. The van der Waals surface area contributed by atoms with Crippen LogP contribution < -0.4 is 0 Å². The van der Waals surface area contributed by atoms with Gasteiger partial charge in [-0.3, -0.25) is 14.4 Å². The van der Waals surface area contributed by atoms with E-state index in [1.165, 1.54) is 205 Å². The molecule has 0 saturated heterocycles. The summed E-state index contributed by atoms with van der Waals surface area (Å²) in [4.78, 5) is 38.5. The number of esters is 3. The van der Waals surface area contributed by atoms with Gasteiger partial charge >= 0.3 is 17.9 Å². The molecular formula is C77H132O6. The van der Waals surface area contributed by atoms with Gasteiger partial charge in [-0.05, 0) is 122 Å². The van der Waals surface area contributed by atoms with Crippen molar-refractivity contribution in [1.29, 1.82) is 0 Å². The van der Waals surface area contributed by atoms with E-state index >= 15 is 0 Å². The molecular weight excluding hydrogens is 1020 g/mol. The molecule has 0 amide bonds. The smallest absolute Gasteiger partial charge is 0.306 e. The molecule has 0 spiro atoms. The lowest BCUT2D eigenvalue weighted by atomic mass is 10.0. The van der Waals surface area contributed by atoms with E-state index in [4.69, 9.17) is 14.2 Å². The van der Waals surface area contributed by atoms with Crippen molar-refractivity contribution in [3.63, 3.8) is 0 Å². The highest BCUT2D eigenvalue weighted by Gasteiger charge is 2.19. The summed E-state index contributed by atoms with van der Waals surface area (Å²) in [6.45, 7) is 6.50. The SMILES string of the molecule is CC/C=C\C/C=C\C/C=C\C/C=C\C/C=C\CCCC(=O)OCC(COC(=O)CCCCCCCCCCCC/C=C\C/C=C\C/C=C\CCCCCCC)OC(=O)CCCCCCCCCCCCC/C=C\CCCCCCCCCC. The lowest BCUT2D eigenvalue weighted by Crippen LogP contribution is -2.30. The summed E-state index contributed by atoms with van der Waals surface area (Å²) < 4.78 is 16.9. The van der Waals surface area contributed by atoms with Crippen molar-refractivity contribution in [2.24, 2.45) is 0 Å². The standard InChI is InChI=1S/C77H132O6/c1-4-7-10-13-16-19-22-25-28-31-33-35-37-38-40-41-43-46-49-52-55-58-61-64-67-70-76(79)82-73-74(72-81-75(78)69-66-63-60-57-54-51-48-45-30-27-24-21-18-15-12-9-6-3)83-77(80)71-68-65-62-59-56-53-50-47-44-42-39-36-34-32-29-26-23-20-17-14-11-8-5-2/h9,12,18,21-22,25,27,30-34,37-38,48,51,57,60,74H,4-8,10-11,13-17,19-20,23-24,26,28-29,35-36,39-47,49-50,52-56,58-59,61-73H2,1-3H3/b12-9-,21-18-,25-22-,30-27-,33-31-,34-32-,38-37-,51-48-,60-57-. The van der Waals surface area contributed by atoms with Gasteiger partial charge < -0.3 is 14.2 Å². The molecule has 83 heavy (non-hydrogen) atoms. The normalized spacial score (nSPS) is 12.8. The summed E-state index contributed by atoms with van der Waals surface area (Å²) in [5.41, 5.74) is 0. The highest BCUT2D eigenvalue weighted by molar-refractivity contribution is 5.71. The molecule has 0 aliphatic rings. The minimum atomic E-state index is -0.807. The Kier molecular flexibility index (Phi) is 67.2. The number of hydrogen-bond acceptors (Lipinski definition) is 6. The van der Waals surface area contributed by atoms with E-state index in [0.717, 1.165) is 89.9 Å². The summed E-state index contributed by atoms with van der Waals surface area (Å²) in [5, 5.41) is 0. The third-order valence-electron chi connectivity index (χ3n) is 15.2. The Labute approximate surface area is 514 Å². The first kappa shape index (κ1) is 79.1. The maximum atomic E-state index is 13.0. The summed E-state index contributed by atoms with van der Waals surface area (Å²) in [6.07, 6.45) is 96.9. The number of hydrogen-bond donors (Lipinski definition) is 0. The van der Waals surface area contributed by atoms with Crippen molar-refractivity contribution in [1.82, 2.24) is 0 Å². The molecule has 0 heterocycles. The van der Waals surface area contributed by atoms with E-state index in [1.54, 1.807) is 0 Å². The average molecular weight is 1150 g/mol. The molecule has 6 nitrogen and oxygen atoms in total. The molecule has 0 bridgehead atoms. The van der Waals surface area contributed by atoms with E-state index in [2.05, 4.69) is 130 Å². The van der Waals surface area contributed by atoms with Gasteiger partial charge in [0.15, 0.2) is 6.10 Å². The van der Waals surface area contributed by atoms with Crippen LogP contribution in [0, 0.1) is 0 Å². The monoisotopic (exact) mass is 1150 g/mol. The van der Waals surface area contributed by atoms with Crippen LogP contribution >= 0.6 is 0 Å². The number of unbranched alkanes of at least 4 members (excludes halogenated alkanes) is 35. The third-order valence-corrected chi connectivity index (χ3v) is 15.2. The molecule has 0 fully saturated rings. The Morgan fingerprint density at radius 3 is 0.795 bits per heavy atom. The Hall–Kier alpha value is -3.93. The van der Waals surface area contributed by atoms with E-state index in [-0.39, 0.29) is 37.5 Å². The predicted molar refractivity (Wildman–Crippen MR) is 362 cm³/mol. The van der Waals surface area contributed by atoms with E-state index in [9.17, 15) is 14.4 Å². The lowest BCUT2D eigenvalue weighted by Gasteiger charge is -2.18. The predicted octanol–water partition coefficient (Wildman–Crippen LogP) is 24.6. The van der Waals surface area contributed by atoms with E-state index in [0.29, 0.717) is 19.3 Å². The van der Waals surface area contributed by atoms with Gasteiger partial charge in [0.2, 0.25) is 0 Å². The first-order valence-electron chi connectivity index (χ1n) is 35.4. The fraction of sp³-hybridized carbons (Fsp3) is 0.727. The molecule has 0 N–H and O–H groups in total. The largest absolute Gasteiger partial charge is 0.462 e. The van der Waals surface area contributed by atoms with E-state index in [1.807, 2.05) is 0 Å². The molecule has 1 atom stereocenters. The Bertz CT molecular complexity index is 1660. The molecule has 0 radical (unpaired) electrons. The molecule has 6 heteroatoms. The second-order valence-corrected chi connectivity index (χ2v) is 23.4. The zero-order valence-electron chi connectivity index (χ0n) is 54.7. The third kappa shape index (κ3) is 68.7. The van der Waals surface area contributed by atoms with Crippen LogP contribution in [-0.4, -0.2) is 37.2 Å². The summed E-state index contributed by atoms with van der Waals surface area (Å²) >= 11 is 0. The highest BCUT2D eigenvalue weighted by Crippen LogP contribution is 2.17. The molecule has 0 rings (SSSR count). The van der Waals surface area contributed by atoms with Crippen LogP contribution in [0.5, 0.6) is 0 Å². The van der Waals surface area contributed by atoms with Crippen molar-refractivity contribution < 1.29 is 28.6 Å². The molecule has 0 aromatic heterocycles. The Morgan fingerprint density at radius 2 is 0.482 bits per heavy atom. The van der Waals surface area contributed by atoms with Gasteiger partial charge in [-0.25, -0.2) is 0 Å². The van der Waals surface area contributed by atoms with Gasteiger partial charge in [0, 0.05) is 19.3 Å². The maximum absolute atomic E-state index is 13.0. The van der Waals surface area contributed by atoms with Gasteiger partial charge in [-0.1, -0.05) is 310 Å². The first-order chi connectivity index (χ1) is 41.0. The lowest BCUT2D eigenvalue weighted by molar-refractivity contribution is -0.167. The van der Waals surface area contributed by atoms with Gasteiger partial charge in [0.05, 0.1) is 0 Å². The van der Waals surface area contributed by atoms with E-state index < -0.39 is 6.10 Å². The number of rotatable bonds is 64. The zero-order chi connectivity index (χ0) is 59.9. The Morgan fingerprint density at radius 1 is 0.253 bits per heavy atom. The molecule has 0 aromatic carbocycles.